The molecule has 16 heavy (non-hydrogen) atoms. The van der Waals surface area contributed by atoms with Gasteiger partial charge in [0, 0.05) is 6.54 Å². The van der Waals surface area contributed by atoms with Crippen LogP contribution >= 0.6 is 0 Å². The van der Waals surface area contributed by atoms with E-state index in [9.17, 15) is 9.59 Å². The molecular formula is C11H18N2O3. The molecule has 0 aromatic rings. The molecule has 2 N–H and O–H groups in total. The lowest BCUT2D eigenvalue weighted by molar-refractivity contribution is -0.145. The van der Waals surface area contributed by atoms with Crippen molar-refractivity contribution in [1.29, 1.82) is 0 Å². The molecule has 0 aromatic heterocycles. The third-order valence-corrected chi connectivity index (χ3v) is 3.17. The lowest BCUT2D eigenvalue weighted by Crippen LogP contribution is -2.46. The van der Waals surface area contributed by atoms with Crippen molar-refractivity contribution in [1.82, 2.24) is 10.2 Å². The zero-order chi connectivity index (χ0) is 11.5. The number of nitrogens with one attached hydrogen (secondary N) is 1. The molecule has 1 heterocycles. The first-order valence-electron chi connectivity index (χ1n) is 5.91. The molecule has 0 bridgehead atoms. The summed E-state index contributed by atoms with van der Waals surface area (Å²) in [7, 11) is 0. The summed E-state index contributed by atoms with van der Waals surface area (Å²) in [5.41, 5.74) is 0. The molecule has 0 radical (unpaired) electrons. The summed E-state index contributed by atoms with van der Waals surface area (Å²) in [6.45, 7) is 1.32. The standard InChI is InChI=1S/C11H18N2O3/c14-10(15)7-13(6-8-3-4-8)11(16)9-2-1-5-12-9/h8-9,12H,1-7H2,(H,14,15)/t9-/m1/s1. The Balaban J connectivity index is 1.92. The van der Waals surface area contributed by atoms with Crippen molar-refractivity contribution in [3.63, 3.8) is 0 Å². The van der Waals surface area contributed by atoms with Crippen LogP contribution in [0.4, 0.5) is 0 Å². The summed E-state index contributed by atoms with van der Waals surface area (Å²) in [4.78, 5) is 24.3. The number of nitrogens with zero attached hydrogens (tertiary/aromatic N) is 1. The normalized spacial score (nSPS) is 24.4. The zero-order valence-electron chi connectivity index (χ0n) is 9.32. The van der Waals surface area contributed by atoms with Crippen LogP contribution < -0.4 is 5.32 Å². The smallest absolute Gasteiger partial charge is 0.323 e. The summed E-state index contributed by atoms with van der Waals surface area (Å²) in [6.07, 6.45) is 4.09. The number of carbonyl (C=O) groups excluding carboxylic acids is 1. The molecule has 2 fully saturated rings. The van der Waals surface area contributed by atoms with Crippen LogP contribution in [0.15, 0.2) is 0 Å². The topological polar surface area (TPSA) is 69.6 Å². The van der Waals surface area contributed by atoms with E-state index in [4.69, 9.17) is 5.11 Å². The van der Waals surface area contributed by atoms with Crippen molar-refractivity contribution >= 4 is 11.9 Å². The minimum absolute atomic E-state index is 0.0354. The maximum atomic E-state index is 12.0. The van der Waals surface area contributed by atoms with Crippen LogP contribution in [0.3, 0.4) is 0 Å². The summed E-state index contributed by atoms with van der Waals surface area (Å²) >= 11 is 0. The van der Waals surface area contributed by atoms with Crippen LogP contribution in [0.25, 0.3) is 0 Å². The Hall–Kier alpha value is -1.10. The van der Waals surface area contributed by atoms with Crippen molar-refractivity contribution in [3.05, 3.63) is 0 Å². The molecular weight excluding hydrogens is 208 g/mol. The summed E-state index contributed by atoms with van der Waals surface area (Å²) in [5, 5.41) is 11.9. The van der Waals surface area contributed by atoms with Gasteiger partial charge in [-0.2, -0.15) is 0 Å². The quantitative estimate of drug-likeness (QED) is 0.695. The van der Waals surface area contributed by atoms with E-state index < -0.39 is 5.97 Å². The van der Waals surface area contributed by atoms with Gasteiger partial charge in [-0.1, -0.05) is 0 Å². The van der Waals surface area contributed by atoms with E-state index >= 15 is 0 Å². The van der Waals surface area contributed by atoms with Crippen LogP contribution in [0, 0.1) is 5.92 Å². The molecule has 0 unspecified atom stereocenters. The molecule has 0 aromatic carbocycles. The lowest BCUT2D eigenvalue weighted by atomic mass is 10.2. The second-order valence-electron chi connectivity index (χ2n) is 4.70. The molecule has 1 saturated heterocycles. The van der Waals surface area contributed by atoms with Gasteiger partial charge < -0.3 is 15.3 Å². The number of hydrogen-bond acceptors (Lipinski definition) is 3. The second-order valence-corrected chi connectivity index (χ2v) is 4.70. The first kappa shape index (κ1) is 11.4. The minimum Gasteiger partial charge on any atom is -0.480 e. The van der Waals surface area contributed by atoms with E-state index in [0.29, 0.717) is 12.5 Å². The van der Waals surface area contributed by atoms with Crippen LogP contribution in [-0.2, 0) is 9.59 Å². The Morgan fingerprint density at radius 3 is 2.56 bits per heavy atom. The first-order valence-corrected chi connectivity index (χ1v) is 5.91. The van der Waals surface area contributed by atoms with E-state index in [-0.39, 0.29) is 18.5 Å². The molecule has 2 rings (SSSR count). The Labute approximate surface area is 94.8 Å². The first-order chi connectivity index (χ1) is 7.66. The average Bonchev–Trinajstić information content (AvgIpc) is 2.88. The van der Waals surface area contributed by atoms with Gasteiger partial charge in [0.25, 0.3) is 0 Å². The van der Waals surface area contributed by atoms with Gasteiger partial charge in [0.1, 0.15) is 6.54 Å². The Morgan fingerprint density at radius 1 is 1.31 bits per heavy atom. The van der Waals surface area contributed by atoms with E-state index in [0.717, 1.165) is 32.2 Å². The summed E-state index contributed by atoms with van der Waals surface area (Å²) in [5.74, 6) is -0.427. The second kappa shape index (κ2) is 4.82. The fourth-order valence-electron chi connectivity index (χ4n) is 2.12. The van der Waals surface area contributed by atoms with Gasteiger partial charge in [0.15, 0.2) is 0 Å². The third kappa shape index (κ3) is 2.95. The molecule has 1 saturated carbocycles. The molecule has 2 aliphatic rings. The highest BCUT2D eigenvalue weighted by atomic mass is 16.4. The predicted octanol–water partition coefficient (Wildman–Crippen LogP) is 0.0616. The fourth-order valence-corrected chi connectivity index (χ4v) is 2.12. The van der Waals surface area contributed by atoms with Crippen LogP contribution in [0.1, 0.15) is 25.7 Å². The fraction of sp³-hybridized carbons (Fsp3) is 0.818. The van der Waals surface area contributed by atoms with Crippen molar-refractivity contribution < 1.29 is 14.7 Å². The van der Waals surface area contributed by atoms with Crippen molar-refractivity contribution in [3.8, 4) is 0 Å². The highest BCUT2D eigenvalue weighted by molar-refractivity contribution is 5.85. The van der Waals surface area contributed by atoms with Crippen molar-refractivity contribution in [2.45, 2.75) is 31.7 Å². The third-order valence-electron chi connectivity index (χ3n) is 3.17. The number of aliphatic carboxylic acids is 1. The molecule has 5 nitrogen and oxygen atoms in total. The molecule has 1 atom stereocenters. The van der Waals surface area contributed by atoms with Gasteiger partial charge in [-0.25, -0.2) is 0 Å². The SMILES string of the molecule is O=C(O)CN(CC1CC1)C(=O)[C@H]1CCCN1. The molecule has 5 heteroatoms. The highest BCUT2D eigenvalue weighted by Crippen LogP contribution is 2.30. The highest BCUT2D eigenvalue weighted by Gasteiger charge is 2.32. The molecule has 0 spiro atoms. The monoisotopic (exact) mass is 226 g/mol. The molecule has 1 amide bonds. The van der Waals surface area contributed by atoms with Gasteiger partial charge in [-0.05, 0) is 38.1 Å². The minimum atomic E-state index is -0.924. The zero-order valence-corrected chi connectivity index (χ0v) is 9.32. The van der Waals surface area contributed by atoms with Crippen LogP contribution in [0.2, 0.25) is 0 Å². The van der Waals surface area contributed by atoms with E-state index in [1.54, 1.807) is 0 Å². The number of hydrogen-bond donors (Lipinski definition) is 2. The van der Waals surface area contributed by atoms with Gasteiger partial charge in [-0.3, -0.25) is 9.59 Å². The Bertz CT molecular complexity index is 283. The summed E-state index contributed by atoms with van der Waals surface area (Å²) < 4.78 is 0. The Morgan fingerprint density at radius 2 is 2.06 bits per heavy atom. The maximum Gasteiger partial charge on any atom is 0.323 e. The number of carboxylic acids is 1. The van der Waals surface area contributed by atoms with E-state index in [2.05, 4.69) is 5.32 Å². The number of amides is 1. The molecule has 90 valence electrons. The Kier molecular flexibility index (Phi) is 3.43. The average molecular weight is 226 g/mol. The van der Waals surface area contributed by atoms with Crippen molar-refractivity contribution in [2.24, 2.45) is 5.92 Å². The van der Waals surface area contributed by atoms with Crippen LogP contribution in [-0.4, -0.2) is 47.6 Å². The van der Waals surface area contributed by atoms with E-state index in [1.165, 1.54) is 4.90 Å². The number of carboxylic acid groups (broad SMARTS) is 1. The van der Waals surface area contributed by atoms with Gasteiger partial charge in [0.2, 0.25) is 5.91 Å². The van der Waals surface area contributed by atoms with Gasteiger partial charge >= 0.3 is 5.97 Å². The van der Waals surface area contributed by atoms with Crippen molar-refractivity contribution in [2.75, 3.05) is 19.6 Å². The lowest BCUT2D eigenvalue weighted by Gasteiger charge is -2.23. The maximum absolute atomic E-state index is 12.0. The number of carbonyl (C=O) groups is 2. The van der Waals surface area contributed by atoms with Crippen LogP contribution in [0.5, 0.6) is 0 Å². The van der Waals surface area contributed by atoms with Gasteiger partial charge in [0.05, 0.1) is 6.04 Å². The van der Waals surface area contributed by atoms with E-state index in [1.807, 2.05) is 0 Å². The van der Waals surface area contributed by atoms with Gasteiger partial charge in [-0.15, -0.1) is 0 Å². The molecule has 1 aliphatic heterocycles. The number of rotatable bonds is 5. The summed E-state index contributed by atoms with van der Waals surface area (Å²) in [6, 6.07) is -0.155. The largest absolute Gasteiger partial charge is 0.480 e. The predicted molar refractivity (Wildman–Crippen MR) is 58.0 cm³/mol. The molecule has 1 aliphatic carbocycles.